The first kappa shape index (κ1) is 11.4. The highest BCUT2D eigenvalue weighted by Gasteiger charge is 1.93. The van der Waals surface area contributed by atoms with E-state index in [2.05, 4.69) is 55.1 Å². The van der Waals surface area contributed by atoms with E-state index < -0.39 is 0 Å². The summed E-state index contributed by atoms with van der Waals surface area (Å²) in [7, 11) is 0. The third-order valence-corrected chi connectivity index (χ3v) is 2.88. The minimum Gasteiger partial charge on any atom is -0.336 e. The molecule has 1 heterocycles. The van der Waals surface area contributed by atoms with Gasteiger partial charge in [-0.2, -0.15) is 0 Å². The first-order valence-corrected chi connectivity index (χ1v) is 6.05. The number of nitrogens with zero attached hydrogens (tertiary/aromatic N) is 2. The minimum absolute atomic E-state index is 0.905. The van der Waals surface area contributed by atoms with Gasteiger partial charge in [0.1, 0.15) is 0 Å². The van der Waals surface area contributed by atoms with Crippen LogP contribution >= 0.6 is 15.9 Å². The van der Waals surface area contributed by atoms with Crippen LogP contribution in [0.1, 0.15) is 5.56 Å². The fourth-order valence-corrected chi connectivity index (χ4v) is 1.73. The van der Waals surface area contributed by atoms with Gasteiger partial charge < -0.3 is 9.88 Å². The molecule has 84 valence electrons. The number of rotatable bonds is 5. The fraction of sp³-hybridized carbons (Fsp3) is 0.250. The number of hydrogen-bond acceptors (Lipinski definition) is 2. The van der Waals surface area contributed by atoms with Crippen molar-refractivity contribution >= 4 is 15.9 Å². The molecular weight excluding hydrogens is 266 g/mol. The number of benzene rings is 1. The minimum atomic E-state index is 0.905. The van der Waals surface area contributed by atoms with Crippen LogP contribution in [0.15, 0.2) is 47.5 Å². The molecule has 0 radical (unpaired) electrons. The maximum absolute atomic E-state index is 4.00. The molecule has 4 heteroatoms. The van der Waals surface area contributed by atoms with E-state index in [9.17, 15) is 0 Å². The van der Waals surface area contributed by atoms with Gasteiger partial charge in [-0.25, -0.2) is 4.98 Å². The third kappa shape index (κ3) is 3.47. The summed E-state index contributed by atoms with van der Waals surface area (Å²) in [5.74, 6) is 0. The molecule has 0 amide bonds. The Balaban J connectivity index is 1.70. The Kier molecular flexibility index (Phi) is 4.13. The van der Waals surface area contributed by atoms with Gasteiger partial charge in [0.25, 0.3) is 0 Å². The van der Waals surface area contributed by atoms with Gasteiger partial charge in [0, 0.05) is 36.5 Å². The third-order valence-electron chi connectivity index (χ3n) is 2.35. The van der Waals surface area contributed by atoms with Gasteiger partial charge in [0.05, 0.1) is 6.33 Å². The second-order valence-corrected chi connectivity index (χ2v) is 4.52. The van der Waals surface area contributed by atoms with Gasteiger partial charge in [-0.3, -0.25) is 0 Å². The lowest BCUT2D eigenvalue weighted by Crippen LogP contribution is -2.18. The Morgan fingerprint density at radius 3 is 2.75 bits per heavy atom. The summed E-state index contributed by atoms with van der Waals surface area (Å²) in [6.07, 6.45) is 5.61. The summed E-state index contributed by atoms with van der Waals surface area (Å²) in [6, 6.07) is 8.36. The van der Waals surface area contributed by atoms with Crippen LogP contribution in [0.25, 0.3) is 0 Å². The molecule has 0 spiro atoms. The van der Waals surface area contributed by atoms with Crippen LogP contribution in [0.2, 0.25) is 0 Å². The Morgan fingerprint density at radius 2 is 2.06 bits per heavy atom. The highest BCUT2D eigenvalue weighted by Crippen LogP contribution is 2.09. The molecule has 3 nitrogen and oxygen atoms in total. The zero-order valence-electron chi connectivity index (χ0n) is 8.94. The van der Waals surface area contributed by atoms with Crippen molar-refractivity contribution in [3.63, 3.8) is 0 Å². The van der Waals surface area contributed by atoms with Gasteiger partial charge in [-0.15, -0.1) is 0 Å². The van der Waals surface area contributed by atoms with Gasteiger partial charge >= 0.3 is 0 Å². The summed E-state index contributed by atoms with van der Waals surface area (Å²) in [5.41, 5.74) is 1.30. The lowest BCUT2D eigenvalue weighted by atomic mass is 10.2. The summed E-state index contributed by atoms with van der Waals surface area (Å²) >= 11 is 3.42. The number of hydrogen-bond donors (Lipinski definition) is 1. The van der Waals surface area contributed by atoms with Crippen molar-refractivity contribution in [3.05, 3.63) is 53.0 Å². The average molecular weight is 280 g/mol. The summed E-state index contributed by atoms with van der Waals surface area (Å²) in [5, 5.41) is 3.40. The zero-order chi connectivity index (χ0) is 11.2. The van der Waals surface area contributed by atoms with Crippen LogP contribution in [0.3, 0.4) is 0 Å². The molecule has 16 heavy (non-hydrogen) atoms. The Bertz CT molecular complexity index is 408. The van der Waals surface area contributed by atoms with Crippen molar-refractivity contribution in [2.75, 3.05) is 6.54 Å². The summed E-state index contributed by atoms with van der Waals surface area (Å²) in [6.45, 7) is 2.81. The van der Waals surface area contributed by atoms with E-state index in [1.165, 1.54) is 5.56 Å². The van der Waals surface area contributed by atoms with Crippen LogP contribution in [0.5, 0.6) is 0 Å². The molecule has 0 aliphatic rings. The average Bonchev–Trinajstić information content (AvgIpc) is 2.80. The summed E-state index contributed by atoms with van der Waals surface area (Å²) < 4.78 is 3.18. The highest BCUT2D eigenvalue weighted by molar-refractivity contribution is 9.10. The van der Waals surface area contributed by atoms with Crippen LogP contribution < -0.4 is 5.32 Å². The largest absolute Gasteiger partial charge is 0.336 e. The van der Waals surface area contributed by atoms with Gasteiger partial charge in [0.15, 0.2) is 0 Å². The maximum Gasteiger partial charge on any atom is 0.0946 e. The predicted octanol–water partition coefficient (Wildman–Crippen LogP) is 2.44. The van der Waals surface area contributed by atoms with Gasteiger partial charge in [-0.1, -0.05) is 28.1 Å². The quantitative estimate of drug-likeness (QED) is 0.852. The first-order chi connectivity index (χ1) is 7.84. The van der Waals surface area contributed by atoms with Crippen LogP contribution in [0.4, 0.5) is 0 Å². The molecule has 0 fully saturated rings. The second kappa shape index (κ2) is 5.82. The Morgan fingerprint density at radius 1 is 1.25 bits per heavy atom. The lowest BCUT2D eigenvalue weighted by molar-refractivity contribution is 0.597. The molecule has 2 rings (SSSR count). The summed E-state index contributed by atoms with van der Waals surface area (Å²) in [4.78, 5) is 4.00. The number of imidazole rings is 1. The zero-order valence-corrected chi connectivity index (χ0v) is 10.5. The van der Waals surface area contributed by atoms with Crippen molar-refractivity contribution in [2.45, 2.75) is 13.1 Å². The van der Waals surface area contributed by atoms with Crippen LogP contribution in [0, 0.1) is 0 Å². The lowest BCUT2D eigenvalue weighted by Gasteiger charge is -2.05. The highest BCUT2D eigenvalue weighted by atomic mass is 79.9. The van der Waals surface area contributed by atoms with Gasteiger partial charge in [0.2, 0.25) is 0 Å². The fourth-order valence-electron chi connectivity index (χ4n) is 1.46. The van der Waals surface area contributed by atoms with Crippen molar-refractivity contribution < 1.29 is 0 Å². The molecule has 0 aliphatic heterocycles. The molecule has 0 atom stereocenters. The number of aromatic nitrogens is 2. The van der Waals surface area contributed by atoms with E-state index in [0.29, 0.717) is 0 Å². The SMILES string of the molecule is Brc1ccc(CNCCn2ccnc2)cc1. The van der Waals surface area contributed by atoms with Crippen molar-refractivity contribution in [1.29, 1.82) is 0 Å². The molecular formula is C12H14BrN3. The Hall–Kier alpha value is -1.13. The maximum atomic E-state index is 4.00. The molecule has 1 N–H and O–H groups in total. The standard InChI is InChI=1S/C12H14BrN3/c13-12-3-1-11(2-4-12)9-14-5-7-16-8-6-15-10-16/h1-4,6,8,10,14H,5,7,9H2. The van der Waals surface area contributed by atoms with Crippen LogP contribution in [-0.2, 0) is 13.1 Å². The van der Waals surface area contributed by atoms with E-state index in [0.717, 1.165) is 24.1 Å². The number of halogens is 1. The molecule has 1 aromatic heterocycles. The normalized spacial score (nSPS) is 10.6. The van der Waals surface area contributed by atoms with Crippen molar-refractivity contribution in [2.24, 2.45) is 0 Å². The number of nitrogens with one attached hydrogen (secondary N) is 1. The molecule has 0 bridgehead atoms. The van der Waals surface area contributed by atoms with E-state index in [1.54, 1.807) is 6.20 Å². The van der Waals surface area contributed by atoms with E-state index in [1.807, 2.05) is 12.5 Å². The molecule has 1 aromatic carbocycles. The molecule has 0 saturated carbocycles. The molecule has 0 unspecified atom stereocenters. The van der Waals surface area contributed by atoms with E-state index in [-0.39, 0.29) is 0 Å². The van der Waals surface area contributed by atoms with Crippen molar-refractivity contribution in [3.8, 4) is 0 Å². The van der Waals surface area contributed by atoms with E-state index >= 15 is 0 Å². The van der Waals surface area contributed by atoms with Gasteiger partial charge in [-0.05, 0) is 17.7 Å². The monoisotopic (exact) mass is 279 g/mol. The van der Waals surface area contributed by atoms with Crippen LogP contribution in [-0.4, -0.2) is 16.1 Å². The predicted molar refractivity (Wildman–Crippen MR) is 68.1 cm³/mol. The molecule has 2 aromatic rings. The van der Waals surface area contributed by atoms with Crippen molar-refractivity contribution in [1.82, 2.24) is 14.9 Å². The topological polar surface area (TPSA) is 29.9 Å². The second-order valence-electron chi connectivity index (χ2n) is 3.60. The molecule has 0 aliphatic carbocycles. The molecule has 0 saturated heterocycles. The first-order valence-electron chi connectivity index (χ1n) is 5.25. The smallest absolute Gasteiger partial charge is 0.0946 e. The Labute approximate surface area is 104 Å². The van der Waals surface area contributed by atoms with E-state index in [4.69, 9.17) is 0 Å².